The van der Waals surface area contributed by atoms with Gasteiger partial charge in [0, 0.05) is 6.54 Å². The topological polar surface area (TPSA) is 81.2 Å². The second-order valence-corrected chi connectivity index (χ2v) is 5.74. The molecule has 0 aliphatic carbocycles. The number of para-hydroxylation sites is 2. The average molecular weight is 365 g/mol. The van der Waals surface area contributed by atoms with E-state index in [1.807, 2.05) is 43.3 Å². The molecule has 7 nitrogen and oxygen atoms in total. The van der Waals surface area contributed by atoms with E-state index in [1.54, 1.807) is 13.3 Å². The zero-order chi connectivity index (χ0) is 18.9. The fraction of sp³-hybridized carbons (Fsp3) is 0.250. The molecule has 0 saturated carbocycles. The van der Waals surface area contributed by atoms with Gasteiger partial charge < -0.3 is 20.1 Å². The highest BCUT2D eigenvalue weighted by Gasteiger charge is 2.06. The van der Waals surface area contributed by atoms with Crippen LogP contribution < -0.4 is 20.1 Å². The maximum Gasteiger partial charge on any atom is 0.249 e. The number of ether oxygens (including phenoxy) is 2. The summed E-state index contributed by atoms with van der Waals surface area (Å²) in [5, 5.41) is 14.5. The third-order valence-corrected chi connectivity index (χ3v) is 3.87. The molecule has 0 fully saturated rings. The molecule has 2 aromatic carbocycles. The largest absolute Gasteiger partial charge is 0.497 e. The lowest BCUT2D eigenvalue weighted by atomic mass is 10.1. The SMILES string of the molecule is CCOc1ccccc1Nc1nncc(NCCc2ccc(OC)cc2)n1. The summed E-state index contributed by atoms with van der Waals surface area (Å²) in [7, 11) is 1.66. The second kappa shape index (κ2) is 9.38. The van der Waals surface area contributed by atoms with E-state index in [9.17, 15) is 0 Å². The predicted octanol–water partition coefficient (Wildman–Crippen LogP) is 3.68. The van der Waals surface area contributed by atoms with Gasteiger partial charge in [-0.05, 0) is 43.2 Å². The molecule has 0 radical (unpaired) electrons. The molecule has 140 valence electrons. The van der Waals surface area contributed by atoms with Crippen LogP contribution >= 0.6 is 0 Å². The van der Waals surface area contributed by atoms with Crippen molar-refractivity contribution < 1.29 is 9.47 Å². The van der Waals surface area contributed by atoms with Gasteiger partial charge in [-0.2, -0.15) is 10.1 Å². The van der Waals surface area contributed by atoms with Crippen molar-refractivity contribution in [1.29, 1.82) is 0 Å². The first-order chi connectivity index (χ1) is 13.3. The Morgan fingerprint density at radius 3 is 2.63 bits per heavy atom. The number of rotatable bonds is 9. The highest BCUT2D eigenvalue weighted by atomic mass is 16.5. The minimum absolute atomic E-state index is 0.414. The molecule has 3 rings (SSSR count). The highest BCUT2D eigenvalue weighted by Crippen LogP contribution is 2.26. The molecule has 1 aromatic heterocycles. The monoisotopic (exact) mass is 365 g/mol. The molecule has 0 aliphatic rings. The van der Waals surface area contributed by atoms with Gasteiger partial charge in [-0.15, -0.1) is 5.10 Å². The number of benzene rings is 2. The Balaban J connectivity index is 1.58. The first-order valence-electron chi connectivity index (χ1n) is 8.84. The molecule has 0 bridgehead atoms. The van der Waals surface area contributed by atoms with E-state index in [-0.39, 0.29) is 0 Å². The summed E-state index contributed by atoms with van der Waals surface area (Å²) in [6.07, 6.45) is 2.47. The van der Waals surface area contributed by atoms with Gasteiger partial charge >= 0.3 is 0 Å². The molecular weight excluding hydrogens is 342 g/mol. The zero-order valence-electron chi connectivity index (χ0n) is 15.5. The van der Waals surface area contributed by atoms with Crippen molar-refractivity contribution in [3.8, 4) is 11.5 Å². The number of methoxy groups -OCH3 is 1. The number of aromatic nitrogens is 3. The van der Waals surface area contributed by atoms with E-state index in [1.165, 1.54) is 5.56 Å². The molecule has 27 heavy (non-hydrogen) atoms. The number of hydrogen-bond acceptors (Lipinski definition) is 7. The van der Waals surface area contributed by atoms with E-state index in [2.05, 4.69) is 37.9 Å². The van der Waals surface area contributed by atoms with Crippen LogP contribution in [0.25, 0.3) is 0 Å². The fourth-order valence-electron chi connectivity index (χ4n) is 2.54. The van der Waals surface area contributed by atoms with Crippen LogP contribution in [0.2, 0.25) is 0 Å². The van der Waals surface area contributed by atoms with Gasteiger partial charge in [-0.1, -0.05) is 24.3 Å². The van der Waals surface area contributed by atoms with E-state index in [0.717, 1.165) is 30.2 Å². The van der Waals surface area contributed by atoms with Crippen molar-refractivity contribution in [1.82, 2.24) is 15.2 Å². The van der Waals surface area contributed by atoms with Gasteiger partial charge in [0.25, 0.3) is 0 Å². The van der Waals surface area contributed by atoms with Crippen LogP contribution in [0.1, 0.15) is 12.5 Å². The first kappa shape index (κ1) is 18.4. The van der Waals surface area contributed by atoms with Crippen LogP contribution in [0.4, 0.5) is 17.5 Å². The lowest BCUT2D eigenvalue weighted by Gasteiger charge is -2.11. The van der Waals surface area contributed by atoms with Gasteiger partial charge in [-0.3, -0.25) is 0 Å². The summed E-state index contributed by atoms with van der Waals surface area (Å²) in [6.45, 7) is 3.27. The van der Waals surface area contributed by atoms with Crippen LogP contribution in [0.5, 0.6) is 11.5 Å². The van der Waals surface area contributed by atoms with Crippen molar-refractivity contribution in [3.05, 3.63) is 60.3 Å². The zero-order valence-corrected chi connectivity index (χ0v) is 15.5. The van der Waals surface area contributed by atoms with E-state index in [4.69, 9.17) is 9.47 Å². The summed E-state index contributed by atoms with van der Waals surface area (Å²) < 4.78 is 10.8. The van der Waals surface area contributed by atoms with Crippen LogP contribution in [-0.2, 0) is 6.42 Å². The first-order valence-corrected chi connectivity index (χ1v) is 8.84. The lowest BCUT2D eigenvalue weighted by Crippen LogP contribution is -2.09. The molecule has 0 unspecified atom stereocenters. The van der Waals surface area contributed by atoms with Gasteiger partial charge in [-0.25, -0.2) is 0 Å². The summed E-state index contributed by atoms with van der Waals surface area (Å²) >= 11 is 0. The van der Waals surface area contributed by atoms with Crippen molar-refractivity contribution in [2.24, 2.45) is 0 Å². The standard InChI is InChI=1S/C20H23N5O2/c1-3-27-18-7-5-4-6-17(18)23-20-24-19(14-22-25-20)21-13-12-15-8-10-16(26-2)11-9-15/h4-11,14H,3,12-13H2,1-2H3,(H2,21,23,24,25). The minimum Gasteiger partial charge on any atom is -0.497 e. The van der Waals surface area contributed by atoms with Crippen molar-refractivity contribution in [2.75, 3.05) is 30.9 Å². The number of anilines is 3. The van der Waals surface area contributed by atoms with Gasteiger partial charge in [0.15, 0.2) is 5.82 Å². The summed E-state index contributed by atoms with van der Waals surface area (Å²) in [6, 6.07) is 15.7. The molecule has 3 aromatic rings. The molecule has 1 heterocycles. The molecule has 0 aliphatic heterocycles. The van der Waals surface area contributed by atoms with Crippen molar-refractivity contribution in [2.45, 2.75) is 13.3 Å². The Kier molecular flexibility index (Phi) is 6.40. The van der Waals surface area contributed by atoms with E-state index in [0.29, 0.717) is 18.4 Å². The summed E-state index contributed by atoms with van der Waals surface area (Å²) in [4.78, 5) is 4.46. The maximum atomic E-state index is 5.61. The van der Waals surface area contributed by atoms with E-state index >= 15 is 0 Å². The second-order valence-electron chi connectivity index (χ2n) is 5.74. The normalized spacial score (nSPS) is 10.3. The number of nitrogens with zero attached hydrogens (tertiary/aromatic N) is 3. The Morgan fingerprint density at radius 2 is 1.85 bits per heavy atom. The smallest absolute Gasteiger partial charge is 0.249 e. The minimum atomic E-state index is 0.414. The molecule has 0 atom stereocenters. The molecule has 0 spiro atoms. The molecule has 7 heteroatoms. The third-order valence-electron chi connectivity index (χ3n) is 3.87. The quantitative estimate of drug-likeness (QED) is 0.599. The Bertz CT molecular complexity index is 855. The fourth-order valence-corrected chi connectivity index (χ4v) is 2.54. The molecule has 2 N–H and O–H groups in total. The molecule has 0 amide bonds. The van der Waals surface area contributed by atoms with Crippen LogP contribution in [-0.4, -0.2) is 35.4 Å². The average Bonchev–Trinajstić information content (AvgIpc) is 2.71. The van der Waals surface area contributed by atoms with Crippen LogP contribution in [0.3, 0.4) is 0 Å². The summed E-state index contributed by atoms with van der Waals surface area (Å²) in [5.74, 6) is 2.68. The van der Waals surface area contributed by atoms with Crippen LogP contribution in [0.15, 0.2) is 54.7 Å². The van der Waals surface area contributed by atoms with Crippen molar-refractivity contribution >= 4 is 17.5 Å². The van der Waals surface area contributed by atoms with Crippen molar-refractivity contribution in [3.63, 3.8) is 0 Å². The summed E-state index contributed by atoms with van der Waals surface area (Å²) in [5.41, 5.74) is 2.02. The highest BCUT2D eigenvalue weighted by molar-refractivity contribution is 5.62. The third kappa shape index (κ3) is 5.31. The molecular formula is C20H23N5O2. The van der Waals surface area contributed by atoms with Gasteiger partial charge in [0.1, 0.15) is 11.5 Å². The number of nitrogens with one attached hydrogen (secondary N) is 2. The van der Waals surface area contributed by atoms with Gasteiger partial charge in [0.2, 0.25) is 5.95 Å². The Morgan fingerprint density at radius 1 is 1.04 bits per heavy atom. The van der Waals surface area contributed by atoms with Gasteiger partial charge in [0.05, 0.1) is 25.6 Å². The Labute approximate surface area is 158 Å². The lowest BCUT2D eigenvalue weighted by molar-refractivity contribution is 0.342. The predicted molar refractivity (Wildman–Crippen MR) is 106 cm³/mol. The van der Waals surface area contributed by atoms with Crippen LogP contribution in [0, 0.1) is 0 Å². The van der Waals surface area contributed by atoms with E-state index < -0.39 is 0 Å². The Hall–Kier alpha value is -3.35. The number of hydrogen-bond donors (Lipinski definition) is 2. The maximum absolute atomic E-state index is 5.61. The molecule has 0 saturated heterocycles.